The van der Waals surface area contributed by atoms with Gasteiger partial charge in [0.15, 0.2) is 0 Å². The van der Waals surface area contributed by atoms with Crippen LogP contribution in [0.3, 0.4) is 0 Å². The maximum Gasteiger partial charge on any atom is 0.225 e. The van der Waals surface area contributed by atoms with E-state index in [1.165, 1.54) is 0 Å². The summed E-state index contributed by atoms with van der Waals surface area (Å²) in [5, 5.41) is 1.09. The van der Waals surface area contributed by atoms with Crippen molar-refractivity contribution in [2.75, 3.05) is 25.0 Å². The molecule has 6 heteroatoms. The van der Waals surface area contributed by atoms with Gasteiger partial charge in [-0.1, -0.05) is 0 Å². The largest absolute Gasteiger partial charge is 0.356 e. The first-order valence-electron chi connectivity index (χ1n) is 9.00. The van der Waals surface area contributed by atoms with Crippen LogP contribution in [0.5, 0.6) is 0 Å². The summed E-state index contributed by atoms with van der Waals surface area (Å²) in [4.78, 5) is 28.7. The van der Waals surface area contributed by atoms with Gasteiger partial charge in [0, 0.05) is 38.3 Å². The van der Waals surface area contributed by atoms with Crippen molar-refractivity contribution in [3.05, 3.63) is 18.6 Å². The first kappa shape index (κ1) is 14.3. The second-order valence-electron chi connectivity index (χ2n) is 7.71. The average molecular weight is 325 g/mol. The van der Waals surface area contributed by atoms with Gasteiger partial charge in [0.1, 0.15) is 17.8 Å². The molecule has 3 aliphatic rings. The van der Waals surface area contributed by atoms with Crippen LogP contribution in [-0.4, -0.2) is 51.9 Å². The van der Waals surface area contributed by atoms with Gasteiger partial charge in [0.2, 0.25) is 5.91 Å². The zero-order valence-electron chi connectivity index (χ0n) is 14.0. The number of carbonyl (C=O) groups excluding carboxylic acids is 1. The number of hydrogen-bond acceptors (Lipinski definition) is 4. The van der Waals surface area contributed by atoms with E-state index < -0.39 is 0 Å². The highest BCUT2D eigenvalue weighted by molar-refractivity contribution is 5.87. The van der Waals surface area contributed by atoms with Crippen molar-refractivity contribution >= 4 is 22.8 Å². The van der Waals surface area contributed by atoms with Crippen LogP contribution in [-0.2, 0) is 4.79 Å². The lowest BCUT2D eigenvalue weighted by atomic mass is 10.0. The lowest BCUT2D eigenvalue weighted by molar-refractivity contribution is -0.131. The molecule has 2 aliphatic carbocycles. The van der Waals surface area contributed by atoms with Gasteiger partial charge in [-0.05, 0) is 43.6 Å². The van der Waals surface area contributed by atoms with Crippen molar-refractivity contribution in [3.63, 3.8) is 0 Å². The molecule has 0 aromatic carbocycles. The predicted octanol–water partition coefficient (Wildman–Crippen LogP) is 2.04. The molecule has 0 bridgehead atoms. The lowest BCUT2D eigenvalue weighted by Gasteiger charge is -2.28. The molecule has 6 nitrogen and oxygen atoms in total. The molecular weight excluding hydrogens is 302 g/mol. The van der Waals surface area contributed by atoms with Crippen LogP contribution in [0, 0.1) is 17.8 Å². The van der Waals surface area contributed by atoms with Crippen molar-refractivity contribution in [2.24, 2.45) is 17.8 Å². The fourth-order valence-electron chi connectivity index (χ4n) is 4.67. The summed E-state index contributed by atoms with van der Waals surface area (Å²) in [5.74, 6) is 3.09. The van der Waals surface area contributed by atoms with Crippen molar-refractivity contribution in [1.29, 1.82) is 0 Å². The predicted molar refractivity (Wildman–Crippen MR) is 91.6 cm³/mol. The van der Waals surface area contributed by atoms with E-state index in [-0.39, 0.29) is 0 Å². The van der Waals surface area contributed by atoms with Crippen LogP contribution in [0.1, 0.15) is 25.7 Å². The Morgan fingerprint density at radius 3 is 2.71 bits per heavy atom. The van der Waals surface area contributed by atoms with Crippen LogP contribution in [0.15, 0.2) is 18.6 Å². The van der Waals surface area contributed by atoms with E-state index in [2.05, 4.69) is 31.8 Å². The summed E-state index contributed by atoms with van der Waals surface area (Å²) in [6.07, 6.45) is 8.09. The Hall–Kier alpha value is -2.11. The Morgan fingerprint density at radius 1 is 1.25 bits per heavy atom. The summed E-state index contributed by atoms with van der Waals surface area (Å²) >= 11 is 0. The smallest absolute Gasteiger partial charge is 0.225 e. The minimum absolute atomic E-state index is 0.352. The second-order valence-corrected chi connectivity index (χ2v) is 7.71. The molecule has 3 fully saturated rings. The number of H-pyrrole nitrogens is 1. The van der Waals surface area contributed by atoms with Crippen LogP contribution >= 0.6 is 0 Å². The topological polar surface area (TPSA) is 65.1 Å². The Bertz CT molecular complexity index is 769. The maximum atomic E-state index is 12.3. The molecule has 1 aliphatic heterocycles. The van der Waals surface area contributed by atoms with Gasteiger partial charge in [-0.2, -0.15) is 0 Å². The Kier molecular flexibility index (Phi) is 3.08. The van der Waals surface area contributed by atoms with E-state index in [0.29, 0.717) is 29.7 Å². The molecule has 24 heavy (non-hydrogen) atoms. The SMILES string of the molecule is CN(c1ncnc2[nH]ccc12)[C@H]1CC2CN(C(=O)C3CC3)C[C@@H]2C1. The molecule has 2 aromatic rings. The van der Waals surface area contributed by atoms with Crippen LogP contribution < -0.4 is 4.90 Å². The van der Waals surface area contributed by atoms with Crippen LogP contribution in [0.4, 0.5) is 5.82 Å². The zero-order valence-corrected chi connectivity index (χ0v) is 14.0. The fraction of sp³-hybridized carbons (Fsp3) is 0.611. The zero-order chi connectivity index (χ0) is 16.3. The van der Waals surface area contributed by atoms with Crippen LogP contribution in [0.25, 0.3) is 11.0 Å². The van der Waals surface area contributed by atoms with Crippen molar-refractivity contribution < 1.29 is 4.79 Å². The number of fused-ring (bicyclic) bond motifs is 2. The molecule has 0 radical (unpaired) electrons. The summed E-state index contributed by atoms with van der Waals surface area (Å²) in [6, 6.07) is 2.55. The number of aromatic nitrogens is 3. The summed E-state index contributed by atoms with van der Waals surface area (Å²) in [5.41, 5.74) is 0.895. The molecule has 2 aromatic heterocycles. The molecular formula is C18H23N5O. The van der Waals surface area contributed by atoms with E-state index >= 15 is 0 Å². The number of hydrogen-bond donors (Lipinski definition) is 1. The molecule has 1 saturated heterocycles. The average Bonchev–Trinajstić information content (AvgIpc) is 3.01. The maximum absolute atomic E-state index is 12.3. The quantitative estimate of drug-likeness (QED) is 0.938. The summed E-state index contributed by atoms with van der Waals surface area (Å²) in [6.45, 7) is 1.93. The molecule has 1 unspecified atom stereocenters. The number of rotatable bonds is 3. The second kappa shape index (κ2) is 5.19. The standard InChI is InChI=1S/C18H23N5O/c1-22(17-15-4-5-19-16(15)20-10-21-17)14-6-12-8-23(9-13(12)7-14)18(24)11-2-3-11/h4-5,10-14H,2-3,6-9H2,1H3,(H,19,20,21)/t12-,13?,14+/m0/s1. The lowest BCUT2D eigenvalue weighted by Crippen LogP contribution is -2.35. The van der Waals surface area contributed by atoms with E-state index in [1.807, 2.05) is 12.3 Å². The summed E-state index contributed by atoms with van der Waals surface area (Å²) in [7, 11) is 2.15. The number of likely N-dealkylation sites (tertiary alicyclic amines) is 1. The van der Waals surface area contributed by atoms with Crippen molar-refractivity contribution in [3.8, 4) is 0 Å². The van der Waals surface area contributed by atoms with Gasteiger partial charge in [-0.15, -0.1) is 0 Å². The van der Waals surface area contributed by atoms with Gasteiger partial charge in [0.05, 0.1) is 5.39 Å². The van der Waals surface area contributed by atoms with E-state index in [9.17, 15) is 4.79 Å². The van der Waals surface area contributed by atoms with Crippen molar-refractivity contribution in [1.82, 2.24) is 19.9 Å². The number of nitrogens with zero attached hydrogens (tertiary/aromatic N) is 4. The highest BCUT2D eigenvalue weighted by Gasteiger charge is 2.46. The fourth-order valence-corrected chi connectivity index (χ4v) is 4.67. The third kappa shape index (κ3) is 2.19. The molecule has 0 spiro atoms. The molecule has 5 rings (SSSR count). The first-order valence-corrected chi connectivity index (χ1v) is 9.00. The highest BCUT2D eigenvalue weighted by atomic mass is 16.2. The Balaban J connectivity index is 1.30. The van der Waals surface area contributed by atoms with Gasteiger partial charge < -0.3 is 14.8 Å². The van der Waals surface area contributed by atoms with E-state index in [1.54, 1.807) is 6.33 Å². The molecule has 2 saturated carbocycles. The van der Waals surface area contributed by atoms with Crippen LogP contribution in [0.2, 0.25) is 0 Å². The molecule has 1 amide bonds. The minimum Gasteiger partial charge on any atom is -0.356 e. The first-order chi connectivity index (χ1) is 11.7. The number of nitrogens with one attached hydrogen (secondary N) is 1. The molecule has 126 valence electrons. The van der Waals surface area contributed by atoms with Crippen molar-refractivity contribution in [2.45, 2.75) is 31.7 Å². The molecule has 1 N–H and O–H groups in total. The van der Waals surface area contributed by atoms with E-state index in [0.717, 1.165) is 55.6 Å². The monoisotopic (exact) mass is 325 g/mol. The molecule has 3 heterocycles. The third-order valence-corrected chi connectivity index (χ3v) is 6.18. The van der Waals surface area contributed by atoms with Gasteiger partial charge >= 0.3 is 0 Å². The normalized spacial score (nSPS) is 29.2. The Labute approximate surface area is 141 Å². The number of anilines is 1. The van der Waals surface area contributed by atoms with Gasteiger partial charge in [0.25, 0.3) is 0 Å². The minimum atomic E-state index is 0.352. The highest BCUT2D eigenvalue weighted by Crippen LogP contribution is 2.43. The third-order valence-electron chi connectivity index (χ3n) is 6.18. The molecule has 3 atom stereocenters. The van der Waals surface area contributed by atoms with Gasteiger partial charge in [-0.3, -0.25) is 4.79 Å². The van der Waals surface area contributed by atoms with Gasteiger partial charge in [-0.25, -0.2) is 9.97 Å². The van der Waals surface area contributed by atoms with E-state index in [4.69, 9.17) is 0 Å². The number of carbonyl (C=O) groups is 1. The Morgan fingerprint density at radius 2 is 2.00 bits per heavy atom. The number of amides is 1. The summed E-state index contributed by atoms with van der Waals surface area (Å²) < 4.78 is 0. The number of aromatic amines is 1.